The van der Waals surface area contributed by atoms with Gasteiger partial charge in [0.15, 0.2) is 0 Å². The molecule has 0 saturated carbocycles. The molecule has 5 nitrogen and oxygen atoms in total. The van der Waals surface area contributed by atoms with Crippen molar-refractivity contribution in [3.8, 4) is 5.75 Å². The van der Waals surface area contributed by atoms with Gasteiger partial charge in [0, 0.05) is 24.5 Å². The third-order valence-corrected chi connectivity index (χ3v) is 3.96. The summed E-state index contributed by atoms with van der Waals surface area (Å²) in [6.07, 6.45) is 7.17. The largest absolute Gasteiger partial charge is 0.487 e. The normalized spacial score (nSPS) is 10.8. The third kappa shape index (κ3) is 4.59. The molecule has 3 rings (SSSR count). The van der Waals surface area contributed by atoms with Gasteiger partial charge in [0.05, 0.1) is 5.69 Å². The Kier molecular flexibility index (Phi) is 5.67. The summed E-state index contributed by atoms with van der Waals surface area (Å²) in [6, 6.07) is 13.1. The predicted octanol–water partition coefficient (Wildman–Crippen LogP) is 3.83. The number of aromatic nitrogens is 2. The van der Waals surface area contributed by atoms with Gasteiger partial charge in [-0.15, -0.1) is 0 Å². The molecule has 5 heteroatoms. The molecule has 0 bridgehead atoms. The summed E-state index contributed by atoms with van der Waals surface area (Å²) in [5, 5.41) is 2.94. The highest BCUT2D eigenvalue weighted by atomic mass is 16.5. The van der Waals surface area contributed by atoms with Crippen molar-refractivity contribution in [2.45, 2.75) is 32.8 Å². The molecule has 0 spiro atoms. The number of benzene rings is 1. The number of amides is 1. The summed E-state index contributed by atoms with van der Waals surface area (Å²) >= 11 is 0. The van der Waals surface area contributed by atoms with Crippen molar-refractivity contribution in [2.75, 3.05) is 6.54 Å². The number of carbonyl (C=O) groups is 1. The Morgan fingerprint density at radius 1 is 1.20 bits per heavy atom. The second kappa shape index (κ2) is 8.33. The fraction of sp³-hybridized carbons (Fsp3) is 0.300. The Morgan fingerprint density at radius 2 is 2.12 bits per heavy atom. The number of nitrogens with zero attached hydrogens (tertiary/aromatic N) is 2. The molecule has 130 valence electrons. The van der Waals surface area contributed by atoms with Gasteiger partial charge in [0.1, 0.15) is 18.0 Å². The summed E-state index contributed by atoms with van der Waals surface area (Å²) in [7, 11) is 0. The number of ether oxygens (including phenoxy) is 1. The van der Waals surface area contributed by atoms with Gasteiger partial charge in [-0.3, -0.25) is 4.79 Å². The van der Waals surface area contributed by atoms with Crippen LogP contribution in [0.15, 0.2) is 54.9 Å². The molecule has 0 aliphatic carbocycles. The van der Waals surface area contributed by atoms with E-state index in [9.17, 15) is 4.79 Å². The molecular formula is C20H23N3O2. The van der Waals surface area contributed by atoms with E-state index >= 15 is 0 Å². The predicted molar refractivity (Wildman–Crippen MR) is 97.8 cm³/mol. The molecule has 25 heavy (non-hydrogen) atoms. The van der Waals surface area contributed by atoms with E-state index in [2.05, 4.69) is 17.2 Å². The van der Waals surface area contributed by atoms with Gasteiger partial charge in [0.2, 0.25) is 0 Å². The second-order valence-corrected chi connectivity index (χ2v) is 5.98. The van der Waals surface area contributed by atoms with Gasteiger partial charge in [-0.05, 0) is 36.8 Å². The number of hydrogen-bond acceptors (Lipinski definition) is 3. The van der Waals surface area contributed by atoms with E-state index in [4.69, 9.17) is 4.74 Å². The van der Waals surface area contributed by atoms with E-state index in [1.165, 1.54) is 0 Å². The van der Waals surface area contributed by atoms with Crippen LogP contribution in [0.4, 0.5) is 0 Å². The maximum atomic E-state index is 12.2. The number of unbranched alkanes of at least 4 members (excludes halogenated alkanes) is 2. The molecule has 1 amide bonds. The van der Waals surface area contributed by atoms with E-state index in [1.807, 2.05) is 47.1 Å². The zero-order valence-corrected chi connectivity index (χ0v) is 14.4. The first-order valence-electron chi connectivity index (χ1n) is 8.70. The number of carbonyl (C=O) groups excluding carboxylic acids is 1. The van der Waals surface area contributed by atoms with Crippen molar-refractivity contribution >= 4 is 11.6 Å². The Hall–Kier alpha value is -2.82. The average Bonchev–Trinajstić information content (AvgIpc) is 3.06. The summed E-state index contributed by atoms with van der Waals surface area (Å²) in [5.41, 5.74) is 2.35. The van der Waals surface area contributed by atoms with E-state index in [0.29, 0.717) is 24.5 Å². The monoisotopic (exact) mass is 337 g/mol. The average molecular weight is 337 g/mol. The van der Waals surface area contributed by atoms with Crippen LogP contribution in [0.2, 0.25) is 0 Å². The maximum absolute atomic E-state index is 12.2. The molecule has 2 aromatic heterocycles. The van der Waals surface area contributed by atoms with Gasteiger partial charge in [-0.1, -0.05) is 31.9 Å². The van der Waals surface area contributed by atoms with Crippen molar-refractivity contribution in [3.05, 3.63) is 66.1 Å². The van der Waals surface area contributed by atoms with Crippen molar-refractivity contribution in [1.82, 2.24) is 14.7 Å². The molecule has 0 radical (unpaired) electrons. The minimum Gasteiger partial charge on any atom is -0.487 e. The number of pyridine rings is 1. The number of fused-ring (bicyclic) bond motifs is 1. The Bertz CT molecular complexity index is 809. The molecule has 0 saturated heterocycles. The maximum Gasteiger partial charge on any atom is 0.251 e. The van der Waals surface area contributed by atoms with Crippen LogP contribution in [-0.4, -0.2) is 21.8 Å². The standard InChI is InChI=1S/C20H23N3O2/c1-2-3-5-11-21-20(24)16-8-7-9-18(13-16)25-15-17-14-23-12-6-4-10-19(23)22-17/h4,6-10,12-14H,2-3,5,11,15H2,1H3,(H,21,24). The molecule has 1 N–H and O–H groups in total. The minimum absolute atomic E-state index is 0.0608. The van der Waals surface area contributed by atoms with Crippen LogP contribution in [0.25, 0.3) is 5.65 Å². The highest BCUT2D eigenvalue weighted by Gasteiger charge is 2.07. The van der Waals surface area contributed by atoms with Crippen molar-refractivity contribution < 1.29 is 9.53 Å². The van der Waals surface area contributed by atoms with Gasteiger partial charge >= 0.3 is 0 Å². The van der Waals surface area contributed by atoms with Crippen molar-refractivity contribution in [3.63, 3.8) is 0 Å². The highest BCUT2D eigenvalue weighted by molar-refractivity contribution is 5.94. The molecule has 0 unspecified atom stereocenters. The lowest BCUT2D eigenvalue weighted by atomic mass is 10.2. The summed E-state index contributed by atoms with van der Waals surface area (Å²) in [6.45, 7) is 3.22. The Morgan fingerprint density at radius 3 is 2.96 bits per heavy atom. The Labute approximate surface area is 147 Å². The molecule has 0 aliphatic heterocycles. The molecule has 3 aromatic rings. The number of rotatable bonds is 8. The van der Waals surface area contributed by atoms with Crippen LogP contribution in [0.3, 0.4) is 0 Å². The zero-order chi connectivity index (χ0) is 17.5. The van der Waals surface area contributed by atoms with Gasteiger partial charge in [-0.2, -0.15) is 0 Å². The fourth-order valence-electron chi connectivity index (χ4n) is 2.62. The van der Waals surface area contributed by atoms with Crippen LogP contribution >= 0.6 is 0 Å². The number of nitrogens with one attached hydrogen (secondary N) is 1. The first kappa shape index (κ1) is 17.0. The summed E-state index contributed by atoms with van der Waals surface area (Å²) < 4.78 is 7.76. The Balaban J connectivity index is 1.58. The molecular weight excluding hydrogens is 314 g/mol. The van der Waals surface area contributed by atoms with Gasteiger partial charge < -0.3 is 14.5 Å². The lowest BCUT2D eigenvalue weighted by molar-refractivity contribution is 0.0952. The summed E-state index contributed by atoms with van der Waals surface area (Å²) in [4.78, 5) is 16.7. The van der Waals surface area contributed by atoms with Crippen molar-refractivity contribution in [2.24, 2.45) is 0 Å². The first-order valence-corrected chi connectivity index (χ1v) is 8.70. The molecule has 0 aliphatic rings. The van der Waals surface area contributed by atoms with Crippen LogP contribution in [0.5, 0.6) is 5.75 Å². The van der Waals surface area contributed by atoms with Gasteiger partial charge in [0.25, 0.3) is 5.91 Å². The fourth-order valence-corrected chi connectivity index (χ4v) is 2.62. The second-order valence-electron chi connectivity index (χ2n) is 5.98. The van der Waals surface area contributed by atoms with Crippen molar-refractivity contribution in [1.29, 1.82) is 0 Å². The van der Waals surface area contributed by atoms with E-state index in [-0.39, 0.29) is 5.91 Å². The topological polar surface area (TPSA) is 55.6 Å². The SMILES string of the molecule is CCCCCNC(=O)c1cccc(OCc2cn3ccccc3n2)c1. The lowest BCUT2D eigenvalue weighted by Crippen LogP contribution is -2.24. The van der Waals surface area contributed by atoms with E-state index in [0.717, 1.165) is 30.6 Å². The minimum atomic E-state index is -0.0608. The quantitative estimate of drug-likeness (QED) is 0.636. The molecule has 0 atom stereocenters. The molecule has 1 aromatic carbocycles. The van der Waals surface area contributed by atoms with Gasteiger partial charge in [-0.25, -0.2) is 4.98 Å². The molecule has 0 fully saturated rings. The highest BCUT2D eigenvalue weighted by Crippen LogP contribution is 2.15. The van der Waals surface area contributed by atoms with E-state index < -0.39 is 0 Å². The molecule has 2 heterocycles. The number of imidazole rings is 1. The van der Waals surface area contributed by atoms with Crippen LogP contribution in [0.1, 0.15) is 42.2 Å². The van der Waals surface area contributed by atoms with Crippen LogP contribution < -0.4 is 10.1 Å². The summed E-state index contributed by atoms with van der Waals surface area (Å²) in [5.74, 6) is 0.604. The smallest absolute Gasteiger partial charge is 0.251 e. The zero-order valence-electron chi connectivity index (χ0n) is 14.4. The third-order valence-electron chi connectivity index (χ3n) is 3.96. The lowest BCUT2D eigenvalue weighted by Gasteiger charge is -2.08. The van der Waals surface area contributed by atoms with E-state index in [1.54, 1.807) is 12.1 Å². The first-order chi connectivity index (χ1) is 12.3. The van der Waals surface area contributed by atoms with Crippen LogP contribution in [-0.2, 0) is 6.61 Å². The van der Waals surface area contributed by atoms with Crippen LogP contribution in [0, 0.1) is 0 Å². The number of hydrogen-bond donors (Lipinski definition) is 1.